The molecule has 8 aliphatic rings. The number of carbonyl (C=O) groups is 3. The molecule has 7 fully saturated rings. The van der Waals surface area contributed by atoms with E-state index in [0.717, 1.165) is 5.57 Å². The molecule has 82 heavy (non-hydrogen) atoms. The van der Waals surface area contributed by atoms with E-state index in [-0.39, 0.29) is 30.3 Å². The minimum atomic E-state index is -2.17. The van der Waals surface area contributed by atoms with Crippen molar-refractivity contribution in [3.8, 4) is 0 Å². The molecule has 8 unspecified atom stereocenters. The molecule has 5 aliphatic carbocycles. The molecule has 27 atom stereocenters. The van der Waals surface area contributed by atoms with Crippen molar-refractivity contribution in [2.45, 2.75) is 218 Å². The van der Waals surface area contributed by atoms with Crippen molar-refractivity contribution in [1.29, 1.82) is 0 Å². The van der Waals surface area contributed by atoms with Gasteiger partial charge in [-0.25, -0.2) is 14.4 Å². The number of hydrogen-bond donors (Lipinski definition) is 13. The Kier molecular flexibility index (Phi) is 18.9. The molecule has 3 saturated heterocycles. The molecular formula is C58H90O24. The zero-order chi connectivity index (χ0) is 60.7. The molecule has 3 heterocycles. The van der Waals surface area contributed by atoms with Gasteiger partial charge in [0.15, 0.2) is 31.1 Å². The lowest BCUT2D eigenvalue weighted by Crippen LogP contribution is -2.76. The van der Waals surface area contributed by atoms with Crippen LogP contribution >= 0.6 is 0 Å². The summed E-state index contributed by atoms with van der Waals surface area (Å²) < 4.78 is 49.2. The Labute approximate surface area is 477 Å². The van der Waals surface area contributed by atoms with Crippen LogP contribution in [0, 0.1) is 56.2 Å². The van der Waals surface area contributed by atoms with E-state index in [0.29, 0.717) is 31.3 Å². The van der Waals surface area contributed by atoms with Crippen LogP contribution in [0.2, 0.25) is 0 Å². The predicted octanol–water partition coefficient (Wildman–Crippen LogP) is -0.517. The lowest BCUT2D eigenvalue weighted by Gasteiger charge is -2.73. The quantitative estimate of drug-likeness (QED) is 0.0400. The Morgan fingerprint density at radius 3 is 1.74 bits per heavy atom. The number of esters is 2. The van der Waals surface area contributed by atoms with E-state index >= 15 is 0 Å². The molecule has 24 nitrogen and oxygen atoms in total. The number of hydrogen-bond acceptors (Lipinski definition) is 23. The zero-order valence-corrected chi connectivity index (χ0v) is 48.5. The summed E-state index contributed by atoms with van der Waals surface area (Å²) in [5.74, 6) is -5.66. The third-order valence-corrected chi connectivity index (χ3v) is 21.9. The standard InChI is InChI=1S/C58H90O24/c1-11-25(3)48(73)81-45-46(82-49(74)26(4)12-2)58(24-63)29(19-53(45,5)6)28-13-14-33-54(7)17-16-34(55(8,23-62)32(54)15-18-56(33,9)57(28,10)43(69)44(58)70)77-52-42(80-50-37(66)35(64)27(20-59)30(21-60)75-50)40(39(68)41(79-52)47(71)72)78-51-38(67)36(65)31(22-61)76-51/h11-13,27,29-46,50-52,59-70H,14-24H2,1-10H3,(H,71,72)/b25-11-,26-12-/t27-,29?,30?,31+,32?,33?,34-,35-,36?,37?,38-,39+,40-,41?,42?,43-,44+,45-,46-,50-,51-,52+,54-,55+,56+,57-,58-/m0/s1. The second-order valence-electron chi connectivity index (χ2n) is 26.2. The van der Waals surface area contributed by atoms with Gasteiger partial charge in [-0.05, 0) is 94.8 Å². The molecule has 0 aromatic rings. The molecule has 0 aromatic heterocycles. The van der Waals surface area contributed by atoms with Gasteiger partial charge >= 0.3 is 17.9 Å². The smallest absolute Gasteiger partial charge is 0.335 e. The highest BCUT2D eigenvalue weighted by Crippen LogP contribution is 2.76. The van der Waals surface area contributed by atoms with Crippen molar-refractivity contribution in [2.24, 2.45) is 56.2 Å². The van der Waals surface area contributed by atoms with Crippen LogP contribution in [0.4, 0.5) is 0 Å². The minimum Gasteiger partial charge on any atom is -0.479 e. The van der Waals surface area contributed by atoms with Crippen molar-refractivity contribution in [2.75, 3.05) is 33.0 Å². The zero-order valence-electron chi connectivity index (χ0n) is 48.5. The summed E-state index contributed by atoms with van der Waals surface area (Å²) in [4.78, 5) is 40.4. The Morgan fingerprint density at radius 1 is 0.634 bits per heavy atom. The first-order valence-electron chi connectivity index (χ1n) is 28.8. The van der Waals surface area contributed by atoms with Crippen LogP contribution in [0.1, 0.15) is 108 Å². The van der Waals surface area contributed by atoms with Gasteiger partial charge in [-0.1, -0.05) is 65.3 Å². The summed E-state index contributed by atoms with van der Waals surface area (Å²) in [6.07, 6.45) is -23.2. The maximum absolute atomic E-state index is 13.9. The summed E-state index contributed by atoms with van der Waals surface area (Å²) in [5, 5.41) is 146. The molecule has 466 valence electrons. The maximum Gasteiger partial charge on any atom is 0.335 e. The van der Waals surface area contributed by atoms with Crippen LogP contribution < -0.4 is 0 Å². The topological polar surface area (TPSA) is 388 Å². The second-order valence-corrected chi connectivity index (χ2v) is 26.2. The highest BCUT2D eigenvalue weighted by atomic mass is 16.8. The summed E-state index contributed by atoms with van der Waals surface area (Å²) in [6, 6.07) is 0. The molecule has 8 rings (SSSR count). The number of carbonyl (C=O) groups excluding carboxylic acids is 2. The average Bonchev–Trinajstić information content (AvgIpc) is 0.761. The normalized spacial score (nSPS) is 49.3. The molecule has 0 radical (unpaired) electrons. The molecule has 0 aromatic carbocycles. The van der Waals surface area contributed by atoms with Gasteiger partial charge in [-0.15, -0.1) is 0 Å². The van der Waals surface area contributed by atoms with Crippen molar-refractivity contribution >= 4 is 17.9 Å². The van der Waals surface area contributed by atoms with Crippen molar-refractivity contribution in [3.05, 3.63) is 34.9 Å². The highest BCUT2D eigenvalue weighted by Gasteiger charge is 2.77. The Hall–Kier alpha value is -3.09. The number of aliphatic hydroxyl groups excluding tert-OH is 12. The van der Waals surface area contributed by atoms with Gasteiger partial charge in [0, 0.05) is 33.3 Å². The monoisotopic (exact) mass is 1170 g/mol. The van der Waals surface area contributed by atoms with Crippen LogP contribution in [0.3, 0.4) is 0 Å². The summed E-state index contributed by atoms with van der Waals surface area (Å²) in [6.45, 7) is 14.8. The number of ether oxygens (including phenoxy) is 8. The van der Waals surface area contributed by atoms with Crippen LogP contribution in [-0.4, -0.2) is 228 Å². The lowest BCUT2D eigenvalue weighted by molar-refractivity contribution is -0.386. The van der Waals surface area contributed by atoms with Gasteiger partial charge in [0.05, 0.1) is 69.0 Å². The Bertz CT molecular complexity index is 2430. The van der Waals surface area contributed by atoms with Gasteiger partial charge in [0.2, 0.25) is 0 Å². The number of aliphatic carboxylic acids is 1. The van der Waals surface area contributed by atoms with Gasteiger partial charge in [0.1, 0.15) is 48.8 Å². The third kappa shape index (κ3) is 10.1. The number of carboxylic acids is 1. The van der Waals surface area contributed by atoms with E-state index in [1.165, 1.54) is 0 Å². The third-order valence-electron chi connectivity index (χ3n) is 21.9. The summed E-state index contributed by atoms with van der Waals surface area (Å²) in [5.41, 5.74) is -5.24. The first-order chi connectivity index (χ1) is 38.4. The molecule has 13 N–H and O–H groups in total. The highest BCUT2D eigenvalue weighted by molar-refractivity contribution is 5.89. The average molecular weight is 1170 g/mol. The minimum absolute atomic E-state index is 0.171. The van der Waals surface area contributed by atoms with Crippen LogP contribution in [0.25, 0.3) is 0 Å². The van der Waals surface area contributed by atoms with E-state index in [2.05, 4.69) is 19.9 Å². The van der Waals surface area contributed by atoms with Crippen molar-refractivity contribution < 1.29 is 119 Å². The largest absolute Gasteiger partial charge is 0.479 e. The van der Waals surface area contributed by atoms with E-state index in [9.17, 15) is 80.8 Å². The first-order valence-corrected chi connectivity index (χ1v) is 28.8. The van der Waals surface area contributed by atoms with E-state index in [1.807, 2.05) is 27.7 Å². The number of allylic oxidation sites excluding steroid dienone is 3. The first kappa shape index (κ1) is 64.9. The van der Waals surface area contributed by atoms with Gasteiger partial charge in [-0.3, -0.25) is 0 Å². The number of fused-ring (bicyclic) bond motifs is 7. The number of rotatable bonds is 16. The van der Waals surface area contributed by atoms with Crippen molar-refractivity contribution in [1.82, 2.24) is 0 Å². The molecule has 0 spiro atoms. The van der Waals surface area contributed by atoms with Crippen LogP contribution in [-0.2, 0) is 52.3 Å². The maximum atomic E-state index is 13.9. The molecule has 4 saturated carbocycles. The Balaban J connectivity index is 1.16. The fourth-order valence-electron chi connectivity index (χ4n) is 16.6. The molecule has 24 heteroatoms. The van der Waals surface area contributed by atoms with Crippen molar-refractivity contribution in [3.63, 3.8) is 0 Å². The number of aliphatic hydroxyl groups is 12. The fourth-order valence-corrected chi connectivity index (χ4v) is 16.6. The predicted molar refractivity (Wildman–Crippen MR) is 283 cm³/mol. The van der Waals surface area contributed by atoms with E-state index in [1.54, 1.807) is 39.8 Å². The second kappa shape index (κ2) is 23.9. The summed E-state index contributed by atoms with van der Waals surface area (Å²) >= 11 is 0. The van der Waals surface area contributed by atoms with Gasteiger partial charge in [0.25, 0.3) is 0 Å². The van der Waals surface area contributed by atoms with Crippen LogP contribution in [0.5, 0.6) is 0 Å². The number of carboxylic acid groups (broad SMARTS) is 1. The fraction of sp³-hybridized carbons (Fsp3) is 0.845. The SMILES string of the molecule is C/C=C(/C)C(=O)O[C@H]1[C@H](OC(=O)/C(C)=C\C)[C@@]2(CO)C(CC1(C)C)C1=CCC3[C@@]4(C)CC[C@H](O[C@@H]5OC(C(=O)O)[C@H](O)[C@H](O[C@@H]6O[C@H](CO)C(O)[C@@H]6O)C5O[C@@H]5OC(CO)[C@H](CO)[C@H](O)C5O)[C@](C)(CO)C4CC[C@@]3(C)[C@]1(C)[C@@H](O)[C@H]2O. The Morgan fingerprint density at radius 2 is 1.21 bits per heavy atom. The molecule has 0 amide bonds. The van der Waals surface area contributed by atoms with Gasteiger partial charge in [-0.2, -0.15) is 0 Å². The molecule has 3 aliphatic heterocycles. The lowest BCUT2D eigenvalue weighted by atomic mass is 9.32. The molecular weight excluding hydrogens is 1080 g/mol. The van der Waals surface area contributed by atoms with E-state index in [4.69, 9.17) is 37.9 Å². The van der Waals surface area contributed by atoms with Gasteiger partial charge < -0.3 is 104 Å². The van der Waals surface area contributed by atoms with E-state index < -0.39 is 206 Å². The van der Waals surface area contributed by atoms with Crippen LogP contribution in [0.15, 0.2) is 34.9 Å². The molecule has 0 bridgehead atoms. The summed E-state index contributed by atoms with van der Waals surface area (Å²) in [7, 11) is 0.